The number of rotatable bonds is 14. The first-order valence-corrected chi connectivity index (χ1v) is 9.97. The Labute approximate surface area is 127 Å². The van der Waals surface area contributed by atoms with Crippen LogP contribution in [0.15, 0.2) is 12.7 Å². The highest BCUT2D eigenvalue weighted by Crippen LogP contribution is 2.66. The normalized spacial score (nSPS) is 14.8. The second-order valence-electron chi connectivity index (χ2n) is 4.06. The molecule has 0 aromatic rings. The van der Waals surface area contributed by atoms with Crippen LogP contribution in [-0.2, 0) is 31.5 Å². The van der Waals surface area contributed by atoms with Gasteiger partial charge in [-0.1, -0.05) is 26.8 Å². The van der Waals surface area contributed by atoms with E-state index >= 15 is 0 Å². The van der Waals surface area contributed by atoms with Gasteiger partial charge < -0.3 is 0 Å². The molecule has 1 atom stereocenters. The molecule has 0 heterocycles. The molecule has 0 aliphatic heterocycles. The van der Waals surface area contributed by atoms with E-state index in [4.69, 9.17) is 22.4 Å². The topological polar surface area (TPSA) is 80.3 Å². The third-order valence-corrected chi connectivity index (χ3v) is 5.47. The lowest BCUT2D eigenvalue weighted by Crippen LogP contribution is -2.05. The van der Waals surface area contributed by atoms with Gasteiger partial charge in [0.15, 0.2) is 0 Å². The van der Waals surface area contributed by atoms with E-state index in [-0.39, 0.29) is 26.4 Å². The van der Waals surface area contributed by atoms with Crippen molar-refractivity contribution in [3.63, 3.8) is 0 Å². The van der Waals surface area contributed by atoms with Gasteiger partial charge >= 0.3 is 15.6 Å². The Bertz CT molecular complexity index is 361. The number of hydrogen-bond acceptors (Lipinski definition) is 7. The van der Waals surface area contributed by atoms with Gasteiger partial charge in [0.1, 0.15) is 0 Å². The van der Waals surface area contributed by atoms with Crippen molar-refractivity contribution in [3.8, 4) is 0 Å². The first-order chi connectivity index (χ1) is 9.95. The van der Waals surface area contributed by atoms with Crippen molar-refractivity contribution in [1.29, 1.82) is 0 Å². The molecule has 21 heavy (non-hydrogen) atoms. The summed E-state index contributed by atoms with van der Waals surface area (Å²) in [5, 5.41) is 0. The molecule has 0 saturated carbocycles. The van der Waals surface area contributed by atoms with Crippen LogP contribution < -0.4 is 0 Å². The van der Waals surface area contributed by atoms with Crippen LogP contribution in [0.5, 0.6) is 0 Å². The second-order valence-corrected chi connectivity index (χ2v) is 7.54. The van der Waals surface area contributed by atoms with Gasteiger partial charge in [-0.25, -0.2) is 9.13 Å². The van der Waals surface area contributed by atoms with Crippen molar-refractivity contribution in [2.45, 2.75) is 40.0 Å². The quantitative estimate of drug-likeness (QED) is 0.334. The molecule has 0 rings (SSSR count). The molecule has 0 aromatic carbocycles. The van der Waals surface area contributed by atoms with Crippen LogP contribution in [0.3, 0.4) is 0 Å². The fraction of sp³-hybridized carbons (Fsp3) is 0.833. The van der Waals surface area contributed by atoms with E-state index in [0.29, 0.717) is 19.3 Å². The summed E-state index contributed by atoms with van der Waals surface area (Å²) in [6, 6.07) is 0. The lowest BCUT2D eigenvalue weighted by Gasteiger charge is -2.22. The minimum Gasteiger partial charge on any atom is -0.287 e. The van der Waals surface area contributed by atoms with Gasteiger partial charge in [0.25, 0.3) is 0 Å². The summed E-state index contributed by atoms with van der Waals surface area (Å²) in [4.78, 5) is 0. The third-order valence-electron chi connectivity index (χ3n) is 1.91. The maximum absolute atomic E-state index is 12.4. The Morgan fingerprint density at radius 2 is 1.19 bits per heavy atom. The number of hydrogen-bond donors (Lipinski definition) is 0. The highest BCUT2D eigenvalue weighted by Gasteiger charge is 2.40. The van der Waals surface area contributed by atoms with Crippen molar-refractivity contribution in [2.75, 3.05) is 26.4 Å². The van der Waals surface area contributed by atoms with Crippen LogP contribution in [0.25, 0.3) is 0 Å². The van der Waals surface area contributed by atoms with E-state index in [9.17, 15) is 9.13 Å². The molecule has 0 aliphatic rings. The summed E-state index contributed by atoms with van der Waals surface area (Å²) in [5.74, 6) is 0. The van der Waals surface area contributed by atoms with Crippen LogP contribution >= 0.6 is 15.6 Å². The Balaban J connectivity index is 4.94. The van der Waals surface area contributed by atoms with Crippen molar-refractivity contribution >= 4 is 15.6 Å². The highest BCUT2D eigenvalue weighted by atomic mass is 31.3. The Kier molecular flexibility index (Phi) is 11.6. The second kappa shape index (κ2) is 11.6. The predicted molar refractivity (Wildman–Crippen MR) is 81.2 cm³/mol. The molecule has 126 valence electrons. The third kappa shape index (κ3) is 9.59. The smallest absolute Gasteiger partial charge is 0.287 e. The average Bonchev–Trinajstić information content (AvgIpc) is 2.47. The van der Waals surface area contributed by atoms with Crippen LogP contribution in [-0.4, -0.2) is 26.4 Å². The number of phosphoric acid groups is 2. The minimum atomic E-state index is -4.04. The minimum absolute atomic E-state index is 0.0669. The Morgan fingerprint density at radius 1 is 0.810 bits per heavy atom. The molecule has 0 aromatic heterocycles. The fourth-order valence-electron chi connectivity index (χ4n) is 1.04. The Morgan fingerprint density at radius 3 is 1.52 bits per heavy atom. The zero-order chi connectivity index (χ0) is 16.2. The summed E-state index contributed by atoms with van der Waals surface area (Å²) in [6.07, 6.45) is 3.20. The van der Waals surface area contributed by atoms with Gasteiger partial charge in [-0.3, -0.25) is 18.1 Å². The number of phosphoric ester groups is 2. The molecule has 0 amide bonds. The molecule has 9 heteroatoms. The summed E-state index contributed by atoms with van der Waals surface area (Å²) in [5.41, 5.74) is 0. The predicted octanol–water partition coefficient (Wildman–Crippen LogP) is 4.70. The lowest BCUT2D eigenvalue weighted by atomic mass is 10.5. The van der Waals surface area contributed by atoms with Crippen LogP contribution in [0, 0.1) is 0 Å². The first-order valence-electron chi connectivity index (χ1n) is 7.05. The van der Waals surface area contributed by atoms with E-state index < -0.39 is 15.6 Å². The molecule has 0 aliphatic carbocycles. The largest absolute Gasteiger partial charge is 0.484 e. The zero-order valence-corrected chi connectivity index (χ0v) is 14.8. The summed E-state index contributed by atoms with van der Waals surface area (Å²) < 4.78 is 50.1. The molecular formula is C12H26O7P2. The van der Waals surface area contributed by atoms with E-state index in [1.54, 1.807) is 0 Å². The van der Waals surface area contributed by atoms with Gasteiger partial charge in [-0.15, -0.1) is 6.58 Å². The molecule has 0 fully saturated rings. The van der Waals surface area contributed by atoms with Gasteiger partial charge in [0.2, 0.25) is 0 Å². The van der Waals surface area contributed by atoms with Crippen molar-refractivity contribution in [2.24, 2.45) is 0 Å². The summed E-state index contributed by atoms with van der Waals surface area (Å²) in [7, 11) is -8.04. The molecule has 1 unspecified atom stereocenters. The SMILES string of the molecule is C=CCOP(=O)(OCCC)OP(=O)(OCCC)OCCC. The van der Waals surface area contributed by atoms with Crippen molar-refractivity contribution < 1.29 is 31.5 Å². The maximum Gasteiger partial charge on any atom is 0.484 e. The standard InChI is InChI=1S/C12H26O7P2/c1-5-9-15-20(13,16-10-6-2)19-21(14,17-11-7-3)18-12-8-4/h5H,1,6-12H2,2-4H3. The molecule has 0 saturated heterocycles. The van der Waals surface area contributed by atoms with E-state index in [1.807, 2.05) is 20.8 Å². The van der Waals surface area contributed by atoms with Crippen LogP contribution in [0.4, 0.5) is 0 Å². The van der Waals surface area contributed by atoms with Gasteiger partial charge in [0.05, 0.1) is 26.4 Å². The maximum atomic E-state index is 12.4. The average molecular weight is 344 g/mol. The van der Waals surface area contributed by atoms with E-state index in [2.05, 4.69) is 6.58 Å². The molecule has 7 nitrogen and oxygen atoms in total. The van der Waals surface area contributed by atoms with E-state index in [0.717, 1.165) is 0 Å². The van der Waals surface area contributed by atoms with Crippen molar-refractivity contribution in [3.05, 3.63) is 12.7 Å². The van der Waals surface area contributed by atoms with Crippen LogP contribution in [0.2, 0.25) is 0 Å². The molecule has 0 spiro atoms. The monoisotopic (exact) mass is 344 g/mol. The van der Waals surface area contributed by atoms with Gasteiger partial charge in [0, 0.05) is 0 Å². The highest BCUT2D eigenvalue weighted by molar-refractivity contribution is 7.62. The molecule has 0 radical (unpaired) electrons. The van der Waals surface area contributed by atoms with Crippen LogP contribution in [0.1, 0.15) is 40.0 Å². The first kappa shape index (κ1) is 21.0. The molecular weight excluding hydrogens is 318 g/mol. The van der Waals surface area contributed by atoms with Gasteiger partial charge in [-0.05, 0) is 19.3 Å². The molecule has 0 N–H and O–H groups in total. The lowest BCUT2D eigenvalue weighted by molar-refractivity contribution is 0.114. The fourth-order valence-corrected chi connectivity index (χ4v) is 4.43. The summed E-state index contributed by atoms with van der Waals surface area (Å²) >= 11 is 0. The van der Waals surface area contributed by atoms with Crippen molar-refractivity contribution in [1.82, 2.24) is 0 Å². The van der Waals surface area contributed by atoms with E-state index in [1.165, 1.54) is 6.08 Å². The zero-order valence-electron chi connectivity index (χ0n) is 13.0. The summed E-state index contributed by atoms with van der Waals surface area (Å²) in [6.45, 7) is 9.33. The van der Waals surface area contributed by atoms with Gasteiger partial charge in [-0.2, -0.15) is 4.31 Å². The Hall–Kier alpha value is -0.0000000000000000416. The molecule has 0 bridgehead atoms.